The first-order valence-corrected chi connectivity index (χ1v) is 51.6. The Hall–Kier alpha value is -19.6. The van der Waals surface area contributed by atoms with Gasteiger partial charge in [-0.15, -0.1) is 0 Å². The molecule has 0 amide bonds. The van der Waals surface area contributed by atoms with Gasteiger partial charge in [-0.25, -0.2) is 0 Å². The van der Waals surface area contributed by atoms with E-state index in [1.165, 1.54) is 300 Å². The number of fused-ring (bicyclic) bond motifs is 36. The lowest BCUT2D eigenvalue weighted by atomic mass is 9.86. The average Bonchev–Trinajstić information content (AvgIpc) is 1.69. The molecular weight excluding hydrogens is 1800 g/mol. The summed E-state index contributed by atoms with van der Waals surface area (Å²) < 4.78 is 7.17. The number of rotatable bonds is 9. The molecule has 3 aromatic heterocycles. The van der Waals surface area contributed by atoms with Crippen molar-refractivity contribution in [3.8, 4) is 83.8 Å². The fraction of sp³-hybridized carbons (Fsp3) is 0. The number of nitrogens with zero attached hydrogens (tertiary/aromatic N) is 3. The fourth-order valence-electron chi connectivity index (χ4n) is 25.1. The summed E-state index contributed by atoms with van der Waals surface area (Å²) in [5.41, 5.74) is 25.6. The van der Waals surface area contributed by atoms with Crippen molar-refractivity contribution in [1.82, 2.24) is 13.7 Å². The topological polar surface area (TPSA) is 14.8 Å². The molecule has 0 atom stereocenters. The Morgan fingerprint density at radius 1 is 0.0940 bits per heavy atom. The van der Waals surface area contributed by atoms with Crippen molar-refractivity contribution >= 4 is 216 Å². The van der Waals surface area contributed by atoms with Gasteiger partial charge in [0, 0.05) is 49.4 Å². The Morgan fingerprint density at radius 2 is 0.302 bits per heavy atom. The summed E-state index contributed by atoms with van der Waals surface area (Å²) in [6.45, 7) is 0. The SMILES string of the molecule is c1ccc(-n2c3ccccc3c3ccc(-c4ccc(-c5cc6c7ccccc7c7c8ccccc8ccc7c6c6ccccc56)cc4)cc32)cc1.c1ccc(-n2c3ccccc3c3ccc(-c4ccc(-c5cc6c7ccccc7c7cc8ccccc8cc7c6c6ccccc56)cc4)cc32)cc1.c1ccc(-n2c3ccccc3c3ccc(-c4ccc(-c5cc6c7ccccc7c7ccccc7c6c6ccccc56)cc4)cc32)cc1. The largest absolute Gasteiger partial charge is 0.309 e. The number of aromatic nitrogens is 3. The molecule has 0 N–H and O–H groups in total. The highest BCUT2D eigenvalue weighted by molar-refractivity contribution is 6.39. The summed E-state index contributed by atoms with van der Waals surface area (Å²) in [6, 6.07) is 203. The van der Waals surface area contributed by atoms with E-state index in [-0.39, 0.29) is 0 Å². The second-order valence-electron chi connectivity index (χ2n) is 39.8. The molecule has 3 nitrogen and oxygen atoms in total. The van der Waals surface area contributed by atoms with Crippen LogP contribution in [0, 0.1) is 0 Å². The molecule has 690 valence electrons. The van der Waals surface area contributed by atoms with Gasteiger partial charge in [-0.05, 0) is 321 Å². The molecule has 0 bridgehead atoms. The van der Waals surface area contributed by atoms with Crippen LogP contribution in [-0.2, 0) is 0 Å². The highest BCUT2D eigenvalue weighted by atomic mass is 15.0. The first-order chi connectivity index (χ1) is 73.9. The van der Waals surface area contributed by atoms with E-state index in [1.54, 1.807) is 0 Å². The Labute approximate surface area is 859 Å². The molecule has 29 aromatic carbocycles. The van der Waals surface area contributed by atoms with E-state index in [0.29, 0.717) is 0 Å². The Morgan fingerprint density at radius 3 is 0.658 bits per heavy atom. The Kier molecular flexibility index (Phi) is 19.8. The summed E-state index contributed by atoms with van der Waals surface area (Å²) >= 11 is 0. The first kappa shape index (κ1) is 85.0. The smallest absolute Gasteiger partial charge is 0.0547 e. The van der Waals surface area contributed by atoms with Crippen LogP contribution in [0.2, 0.25) is 0 Å². The molecule has 0 aliphatic rings. The molecule has 149 heavy (non-hydrogen) atoms. The van der Waals surface area contributed by atoms with Gasteiger partial charge in [-0.1, -0.05) is 449 Å². The standard InChI is InChI=1S/2C50H31N.C46H29N/c1-2-13-36(14-3-1)51-47-21-11-10-18-40(47)41-28-27-35(30-48(41)51)32-22-24-34(25-23-32)45-31-46-39-17-7-9-20-43(39)49-37-15-5-4-12-33(37)26-29-44(49)50(46)42-19-8-6-16-38(42)45;1-2-14-37(15-3-1)51-48-21-11-10-19-41(48)42-27-26-36(30-49(42)51)32-22-24-33(25-23-32)44-31-47-39-17-7-6-16-38(39)45-28-34-12-4-5-13-35(34)29-46(45)50(47)43-20-9-8-18-40(43)44;1-2-12-33(13-3-1)47-44-21-11-10-18-38(44)39-27-26-32(28-45(39)47)30-22-24-31(25-23-30)42-29-43-36-16-5-4-14-34(36)35-15-6-8-19-40(35)46(43)41-20-9-7-17-37(41)42/h2*1-31H;1-29H. The third-order valence-corrected chi connectivity index (χ3v) is 31.8. The monoisotopic (exact) mass is 1890 g/mol. The zero-order valence-electron chi connectivity index (χ0n) is 81.4. The molecule has 32 aromatic rings. The number of benzene rings is 29. The van der Waals surface area contributed by atoms with Crippen LogP contribution in [0.3, 0.4) is 0 Å². The predicted molar refractivity (Wildman–Crippen MR) is 640 cm³/mol. The lowest BCUT2D eigenvalue weighted by molar-refractivity contribution is 1.18. The van der Waals surface area contributed by atoms with E-state index in [0.717, 1.165) is 0 Å². The summed E-state index contributed by atoms with van der Waals surface area (Å²) in [5.74, 6) is 0. The van der Waals surface area contributed by atoms with Gasteiger partial charge in [0.05, 0.1) is 33.1 Å². The number of para-hydroxylation sites is 6. The minimum atomic E-state index is 1.17. The highest BCUT2D eigenvalue weighted by Gasteiger charge is 2.25. The van der Waals surface area contributed by atoms with E-state index in [1.807, 2.05) is 0 Å². The maximum absolute atomic E-state index is 2.44. The molecular formula is C146H91N3. The van der Waals surface area contributed by atoms with E-state index >= 15 is 0 Å². The zero-order chi connectivity index (χ0) is 97.8. The molecule has 3 heteroatoms. The lowest BCUT2D eigenvalue weighted by Gasteiger charge is -2.17. The Bertz CT molecular complexity index is 10900. The molecule has 0 aliphatic heterocycles. The molecule has 32 rings (SSSR count). The van der Waals surface area contributed by atoms with Gasteiger partial charge >= 0.3 is 0 Å². The second-order valence-corrected chi connectivity index (χ2v) is 39.8. The molecule has 0 spiro atoms. The highest BCUT2D eigenvalue weighted by Crippen LogP contribution is 2.51. The van der Waals surface area contributed by atoms with Crippen LogP contribution in [-0.4, -0.2) is 13.7 Å². The van der Waals surface area contributed by atoms with Gasteiger partial charge in [0.2, 0.25) is 0 Å². The van der Waals surface area contributed by atoms with Crippen molar-refractivity contribution in [3.63, 3.8) is 0 Å². The van der Waals surface area contributed by atoms with Crippen molar-refractivity contribution in [1.29, 1.82) is 0 Å². The van der Waals surface area contributed by atoms with Crippen molar-refractivity contribution in [3.05, 3.63) is 552 Å². The normalized spacial score (nSPS) is 11.9. The molecule has 0 aliphatic carbocycles. The quantitative estimate of drug-likeness (QED) is 0.101. The van der Waals surface area contributed by atoms with E-state index in [9.17, 15) is 0 Å². The summed E-state index contributed by atoms with van der Waals surface area (Å²) in [6.07, 6.45) is 0. The maximum Gasteiger partial charge on any atom is 0.0547 e. The van der Waals surface area contributed by atoms with Crippen LogP contribution in [0.1, 0.15) is 0 Å². The summed E-state index contributed by atoms with van der Waals surface area (Å²) in [7, 11) is 0. The van der Waals surface area contributed by atoms with Crippen LogP contribution < -0.4 is 0 Å². The van der Waals surface area contributed by atoms with Crippen LogP contribution >= 0.6 is 0 Å². The van der Waals surface area contributed by atoms with Gasteiger partial charge in [-0.3, -0.25) is 0 Å². The van der Waals surface area contributed by atoms with Crippen molar-refractivity contribution in [2.75, 3.05) is 0 Å². The van der Waals surface area contributed by atoms with E-state index in [4.69, 9.17) is 0 Å². The van der Waals surface area contributed by atoms with Crippen molar-refractivity contribution in [2.45, 2.75) is 0 Å². The zero-order valence-corrected chi connectivity index (χ0v) is 81.4. The van der Waals surface area contributed by atoms with Crippen LogP contribution in [0.5, 0.6) is 0 Å². The van der Waals surface area contributed by atoms with Crippen LogP contribution in [0.15, 0.2) is 552 Å². The summed E-state index contributed by atoms with van der Waals surface area (Å²) in [5, 5.41) is 44.0. The molecule has 0 saturated carbocycles. The van der Waals surface area contributed by atoms with Crippen LogP contribution in [0.25, 0.3) is 300 Å². The molecule has 3 heterocycles. The third-order valence-electron chi connectivity index (χ3n) is 31.8. The minimum absolute atomic E-state index is 1.17. The van der Waals surface area contributed by atoms with Gasteiger partial charge < -0.3 is 13.7 Å². The number of hydrogen-bond acceptors (Lipinski definition) is 0. The maximum atomic E-state index is 2.44. The minimum Gasteiger partial charge on any atom is -0.309 e. The van der Waals surface area contributed by atoms with Gasteiger partial charge in [-0.2, -0.15) is 0 Å². The van der Waals surface area contributed by atoms with Gasteiger partial charge in [0.15, 0.2) is 0 Å². The number of hydrogen-bond donors (Lipinski definition) is 0. The molecule has 0 radical (unpaired) electrons. The fourth-order valence-corrected chi connectivity index (χ4v) is 25.1. The van der Waals surface area contributed by atoms with Gasteiger partial charge in [0.25, 0.3) is 0 Å². The summed E-state index contributed by atoms with van der Waals surface area (Å²) in [4.78, 5) is 0. The first-order valence-electron chi connectivity index (χ1n) is 51.6. The van der Waals surface area contributed by atoms with Crippen molar-refractivity contribution in [2.24, 2.45) is 0 Å². The molecule has 0 unspecified atom stereocenters. The predicted octanol–water partition coefficient (Wildman–Crippen LogP) is 40.5. The van der Waals surface area contributed by atoms with E-state index in [2.05, 4.69) is 566 Å². The lowest BCUT2D eigenvalue weighted by Crippen LogP contribution is -1.93. The van der Waals surface area contributed by atoms with Gasteiger partial charge in [0.1, 0.15) is 0 Å². The van der Waals surface area contributed by atoms with Crippen molar-refractivity contribution < 1.29 is 0 Å². The Balaban J connectivity index is 0.000000103. The van der Waals surface area contributed by atoms with Crippen LogP contribution in [0.4, 0.5) is 0 Å². The second kappa shape index (κ2) is 34.6. The molecule has 0 fully saturated rings. The third kappa shape index (κ3) is 13.7. The average molecular weight is 1890 g/mol. The van der Waals surface area contributed by atoms with E-state index < -0.39 is 0 Å². The molecule has 0 saturated heterocycles.